The predicted octanol–water partition coefficient (Wildman–Crippen LogP) is 3.09. The number of methoxy groups -OCH3 is 1. The smallest absolute Gasteiger partial charge is 0.339 e. The number of amides is 1. The number of nitrogens with zero attached hydrogens (tertiary/aromatic N) is 2. The molecule has 168 valence electrons. The van der Waals surface area contributed by atoms with Crippen molar-refractivity contribution in [2.24, 2.45) is 0 Å². The summed E-state index contributed by atoms with van der Waals surface area (Å²) < 4.78 is 20.8. The van der Waals surface area contributed by atoms with Crippen molar-refractivity contribution in [1.29, 1.82) is 0 Å². The molecule has 0 fully saturated rings. The minimum atomic E-state index is -0.742. The summed E-state index contributed by atoms with van der Waals surface area (Å²) in [6, 6.07) is 11.8. The van der Waals surface area contributed by atoms with Crippen LogP contribution in [0.4, 0.5) is 10.1 Å². The van der Waals surface area contributed by atoms with Crippen LogP contribution in [0, 0.1) is 12.7 Å². The molecule has 4 aromatic rings. The topological polar surface area (TPSA) is 99.4 Å². The van der Waals surface area contributed by atoms with Crippen molar-refractivity contribution >= 4 is 39.1 Å². The van der Waals surface area contributed by atoms with E-state index >= 15 is 0 Å². The van der Waals surface area contributed by atoms with E-state index in [-0.39, 0.29) is 27.2 Å². The Morgan fingerprint density at radius 2 is 1.88 bits per heavy atom. The summed E-state index contributed by atoms with van der Waals surface area (Å²) in [6.07, 6.45) is 0. The first-order valence-electron chi connectivity index (χ1n) is 9.78. The van der Waals surface area contributed by atoms with Crippen LogP contribution in [0.5, 0.6) is 0 Å². The predicted molar refractivity (Wildman–Crippen MR) is 123 cm³/mol. The third-order valence-corrected chi connectivity index (χ3v) is 5.95. The average molecular weight is 467 g/mol. The van der Waals surface area contributed by atoms with E-state index in [1.807, 2.05) is 0 Å². The van der Waals surface area contributed by atoms with Crippen LogP contribution >= 0.6 is 11.3 Å². The van der Waals surface area contributed by atoms with Gasteiger partial charge in [0, 0.05) is 0 Å². The lowest BCUT2D eigenvalue weighted by Crippen LogP contribution is -2.40. The second kappa shape index (κ2) is 8.83. The van der Waals surface area contributed by atoms with Crippen molar-refractivity contribution in [3.8, 4) is 5.69 Å². The molecule has 1 amide bonds. The van der Waals surface area contributed by atoms with Gasteiger partial charge in [0.25, 0.3) is 5.56 Å². The van der Waals surface area contributed by atoms with Crippen LogP contribution in [0.3, 0.4) is 0 Å². The largest absolute Gasteiger partial charge is 0.465 e. The Kier molecular flexibility index (Phi) is 5.93. The van der Waals surface area contributed by atoms with E-state index in [0.29, 0.717) is 5.52 Å². The first-order chi connectivity index (χ1) is 15.8. The van der Waals surface area contributed by atoms with Crippen LogP contribution in [0.25, 0.3) is 15.9 Å². The molecule has 0 bridgehead atoms. The molecule has 1 N–H and O–H groups in total. The van der Waals surface area contributed by atoms with Gasteiger partial charge in [0.05, 0.1) is 29.6 Å². The monoisotopic (exact) mass is 467 g/mol. The molecular weight excluding hydrogens is 449 g/mol. The highest BCUT2D eigenvalue weighted by molar-refractivity contribution is 7.17. The summed E-state index contributed by atoms with van der Waals surface area (Å²) >= 11 is 1.13. The number of ether oxygens (including phenoxy) is 1. The van der Waals surface area contributed by atoms with Crippen LogP contribution in [0.1, 0.15) is 15.9 Å². The van der Waals surface area contributed by atoms with Gasteiger partial charge in [-0.3, -0.25) is 14.2 Å². The number of nitrogens with one attached hydrogen (secondary N) is 1. The zero-order valence-electron chi connectivity index (χ0n) is 17.6. The number of para-hydroxylation sites is 1. The van der Waals surface area contributed by atoms with Crippen LogP contribution in [0.2, 0.25) is 0 Å². The number of carbonyl (C=O) groups is 2. The Morgan fingerprint density at radius 1 is 1.12 bits per heavy atom. The summed E-state index contributed by atoms with van der Waals surface area (Å²) in [6.45, 7) is 1.11. The molecule has 0 aliphatic carbocycles. The maximum atomic E-state index is 13.7. The standard InChI is InChI=1S/C23H18FN3O5S/c1-13-11-14(7-8-16(13)24)27-21(29)20-18(9-10-33-20)26(23(27)31)12-19(28)25-17-6-4-3-5-15(17)22(30)32-2/h3-11H,12H2,1-2H3,(H,25,28). The quantitative estimate of drug-likeness (QED) is 0.455. The molecule has 0 radical (unpaired) electrons. The van der Waals surface area contributed by atoms with E-state index in [9.17, 15) is 23.6 Å². The van der Waals surface area contributed by atoms with E-state index in [0.717, 1.165) is 15.9 Å². The normalized spacial score (nSPS) is 10.9. The number of benzene rings is 2. The Morgan fingerprint density at radius 3 is 2.61 bits per heavy atom. The summed E-state index contributed by atoms with van der Waals surface area (Å²) in [4.78, 5) is 51.1. The third-order valence-electron chi connectivity index (χ3n) is 5.06. The van der Waals surface area contributed by atoms with E-state index < -0.39 is 35.5 Å². The van der Waals surface area contributed by atoms with Gasteiger partial charge in [-0.2, -0.15) is 0 Å². The van der Waals surface area contributed by atoms with E-state index in [1.165, 1.54) is 48.9 Å². The Labute approximate surface area is 190 Å². The number of aryl methyl sites for hydroxylation is 1. The zero-order valence-corrected chi connectivity index (χ0v) is 18.4. The van der Waals surface area contributed by atoms with Gasteiger partial charge in [-0.05, 0) is 54.3 Å². The third kappa shape index (κ3) is 4.08. The Hall–Kier alpha value is -4.05. The summed E-state index contributed by atoms with van der Waals surface area (Å²) in [5, 5.41) is 4.26. The molecule has 2 aromatic heterocycles. The van der Waals surface area contributed by atoms with E-state index in [4.69, 9.17) is 4.74 Å². The molecule has 0 aliphatic rings. The summed E-state index contributed by atoms with van der Waals surface area (Å²) in [5.41, 5.74) is -0.128. The minimum Gasteiger partial charge on any atom is -0.465 e. The lowest BCUT2D eigenvalue weighted by Gasteiger charge is -2.14. The molecule has 4 rings (SSSR count). The number of hydrogen-bond donors (Lipinski definition) is 1. The maximum Gasteiger partial charge on any atom is 0.339 e. The highest BCUT2D eigenvalue weighted by atomic mass is 32.1. The SMILES string of the molecule is COC(=O)c1ccccc1NC(=O)Cn1c(=O)n(-c2ccc(F)c(C)c2)c(=O)c2sccc21. The lowest BCUT2D eigenvalue weighted by atomic mass is 10.2. The minimum absolute atomic E-state index is 0.160. The molecule has 0 aliphatic heterocycles. The van der Waals surface area contributed by atoms with Gasteiger partial charge in [0.15, 0.2) is 0 Å². The molecule has 2 aromatic carbocycles. The fraction of sp³-hybridized carbons (Fsp3) is 0.130. The number of hydrogen-bond acceptors (Lipinski definition) is 6. The first kappa shape index (κ1) is 22.2. The molecule has 0 atom stereocenters. The van der Waals surface area contributed by atoms with Gasteiger partial charge in [0.2, 0.25) is 5.91 Å². The number of halogens is 1. The first-order valence-corrected chi connectivity index (χ1v) is 10.7. The Balaban J connectivity index is 1.78. The second-order valence-electron chi connectivity index (χ2n) is 7.16. The van der Waals surface area contributed by atoms with Gasteiger partial charge in [-0.25, -0.2) is 18.5 Å². The van der Waals surface area contributed by atoms with Crippen molar-refractivity contribution in [2.75, 3.05) is 12.4 Å². The molecule has 0 saturated carbocycles. The van der Waals surface area contributed by atoms with Crippen LogP contribution in [0.15, 0.2) is 63.5 Å². The molecule has 0 unspecified atom stereocenters. The number of aromatic nitrogens is 2. The molecule has 0 spiro atoms. The number of carbonyl (C=O) groups excluding carboxylic acids is 2. The fourth-order valence-electron chi connectivity index (χ4n) is 3.45. The van der Waals surface area contributed by atoms with Crippen molar-refractivity contribution < 1.29 is 18.7 Å². The maximum absolute atomic E-state index is 13.7. The van der Waals surface area contributed by atoms with Crippen molar-refractivity contribution in [1.82, 2.24) is 9.13 Å². The average Bonchev–Trinajstić information content (AvgIpc) is 3.29. The van der Waals surface area contributed by atoms with Crippen molar-refractivity contribution in [3.63, 3.8) is 0 Å². The molecule has 10 heteroatoms. The van der Waals surface area contributed by atoms with Gasteiger partial charge in [-0.15, -0.1) is 11.3 Å². The second-order valence-corrected chi connectivity index (χ2v) is 8.08. The highest BCUT2D eigenvalue weighted by Gasteiger charge is 2.19. The zero-order chi connectivity index (χ0) is 23.7. The van der Waals surface area contributed by atoms with Crippen LogP contribution in [-0.4, -0.2) is 28.1 Å². The van der Waals surface area contributed by atoms with Crippen LogP contribution in [-0.2, 0) is 16.1 Å². The molecular formula is C23H18FN3O5S. The number of thiophene rings is 1. The van der Waals surface area contributed by atoms with Crippen molar-refractivity contribution in [2.45, 2.75) is 13.5 Å². The number of fused-ring (bicyclic) bond motifs is 1. The number of anilines is 1. The molecule has 0 saturated heterocycles. The number of esters is 1. The Bertz CT molecular complexity index is 1520. The van der Waals surface area contributed by atoms with Gasteiger partial charge in [0.1, 0.15) is 17.1 Å². The molecule has 2 heterocycles. The van der Waals surface area contributed by atoms with Crippen molar-refractivity contribution in [3.05, 3.63) is 91.7 Å². The lowest BCUT2D eigenvalue weighted by molar-refractivity contribution is -0.116. The summed E-state index contributed by atoms with van der Waals surface area (Å²) in [5.74, 6) is -1.67. The van der Waals surface area contributed by atoms with E-state index in [2.05, 4.69) is 5.32 Å². The highest BCUT2D eigenvalue weighted by Crippen LogP contribution is 2.19. The van der Waals surface area contributed by atoms with Gasteiger partial charge < -0.3 is 10.1 Å². The molecule has 33 heavy (non-hydrogen) atoms. The summed E-state index contributed by atoms with van der Waals surface area (Å²) in [7, 11) is 1.23. The molecule has 8 nitrogen and oxygen atoms in total. The fourth-order valence-corrected chi connectivity index (χ4v) is 4.27. The van der Waals surface area contributed by atoms with E-state index in [1.54, 1.807) is 23.6 Å². The van der Waals surface area contributed by atoms with Gasteiger partial charge >= 0.3 is 11.7 Å². The number of rotatable bonds is 5. The van der Waals surface area contributed by atoms with Gasteiger partial charge in [-0.1, -0.05) is 12.1 Å². The van der Waals surface area contributed by atoms with Crippen LogP contribution < -0.4 is 16.6 Å².